The summed E-state index contributed by atoms with van der Waals surface area (Å²) in [4.78, 5) is 58.9. The molecule has 0 saturated heterocycles. The highest BCUT2D eigenvalue weighted by Crippen LogP contribution is 2.56. The van der Waals surface area contributed by atoms with Crippen LogP contribution >= 0.6 is 15.9 Å². The van der Waals surface area contributed by atoms with Crippen LogP contribution in [0.15, 0.2) is 106 Å². The van der Waals surface area contributed by atoms with E-state index in [0.717, 1.165) is 10.5 Å². The Hall–Kier alpha value is -4.70. The molecule has 0 radical (unpaired) electrons. The van der Waals surface area contributed by atoms with Gasteiger partial charge in [-0.1, -0.05) is 60.7 Å². The molecule has 0 fully saturated rings. The molecule has 1 spiro atoms. The number of amides is 3. The Morgan fingerprint density at radius 1 is 0.950 bits per heavy atom. The van der Waals surface area contributed by atoms with Gasteiger partial charge in [-0.05, 0) is 46.6 Å². The smallest absolute Gasteiger partial charge is 0.339 e. The van der Waals surface area contributed by atoms with E-state index in [0.29, 0.717) is 21.4 Å². The maximum Gasteiger partial charge on any atom is 0.339 e. The Morgan fingerprint density at radius 2 is 1.62 bits per heavy atom. The number of nitrogens with one attached hydrogen (secondary N) is 1. The number of ether oxygens (including phenoxy) is 1. The molecule has 40 heavy (non-hydrogen) atoms. The molecule has 6 rings (SSSR count). The fourth-order valence-electron chi connectivity index (χ4n) is 5.66. The third kappa shape index (κ3) is 3.45. The highest BCUT2D eigenvalue weighted by Gasteiger charge is 2.66. The summed E-state index contributed by atoms with van der Waals surface area (Å²) in [5.74, 6) is -3.04. The van der Waals surface area contributed by atoms with E-state index in [-0.39, 0.29) is 35.8 Å². The van der Waals surface area contributed by atoms with Crippen LogP contribution in [0.5, 0.6) is 0 Å². The molecule has 3 N–H and O–H groups in total. The lowest BCUT2D eigenvalue weighted by Crippen LogP contribution is -2.51. The molecule has 3 aliphatic rings. The van der Waals surface area contributed by atoms with E-state index in [4.69, 9.17) is 10.5 Å². The van der Waals surface area contributed by atoms with Crippen molar-refractivity contribution in [1.82, 2.24) is 4.90 Å². The summed E-state index contributed by atoms with van der Waals surface area (Å²) in [6.45, 7) is 1.60. The minimum absolute atomic E-state index is 0.00288. The molecule has 3 aromatic rings. The average molecular weight is 599 g/mol. The maximum atomic E-state index is 14.4. The van der Waals surface area contributed by atoms with Crippen LogP contribution in [0.1, 0.15) is 18.1 Å². The van der Waals surface area contributed by atoms with Crippen LogP contribution < -0.4 is 16.0 Å². The number of fused-ring (bicyclic) bond motifs is 3. The number of nitrogens with zero attached hydrogens (tertiary/aromatic N) is 2. The van der Waals surface area contributed by atoms with Gasteiger partial charge < -0.3 is 15.8 Å². The number of carbonyl (C=O) groups excluding carboxylic acids is 4. The average Bonchev–Trinajstić information content (AvgIpc) is 3.37. The molecule has 10 heteroatoms. The fraction of sp³-hybridized carbons (Fsp3) is 0.133. The lowest BCUT2D eigenvalue weighted by atomic mass is 9.66. The summed E-state index contributed by atoms with van der Waals surface area (Å²) >= 11 is 3.46. The van der Waals surface area contributed by atoms with E-state index >= 15 is 0 Å². The first-order chi connectivity index (χ1) is 19.3. The van der Waals surface area contributed by atoms with E-state index < -0.39 is 29.1 Å². The zero-order valence-electron chi connectivity index (χ0n) is 21.3. The van der Waals surface area contributed by atoms with Crippen molar-refractivity contribution in [2.45, 2.75) is 18.9 Å². The predicted molar refractivity (Wildman–Crippen MR) is 150 cm³/mol. The molecule has 0 bridgehead atoms. The van der Waals surface area contributed by atoms with Crippen LogP contribution in [0.25, 0.3) is 0 Å². The van der Waals surface area contributed by atoms with Gasteiger partial charge in [0.25, 0.3) is 11.8 Å². The number of hydrogen-bond acceptors (Lipinski definition) is 7. The van der Waals surface area contributed by atoms with Gasteiger partial charge >= 0.3 is 5.97 Å². The van der Waals surface area contributed by atoms with Crippen LogP contribution in [-0.2, 0) is 35.9 Å². The highest BCUT2D eigenvalue weighted by atomic mass is 79.9. The first kappa shape index (κ1) is 25.6. The van der Waals surface area contributed by atoms with Crippen LogP contribution in [0, 0.1) is 0 Å². The third-order valence-electron chi connectivity index (χ3n) is 7.29. The maximum absolute atomic E-state index is 14.4. The second-order valence-corrected chi connectivity index (χ2v) is 10.3. The molecule has 3 heterocycles. The van der Waals surface area contributed by atoms with Gasteiger partial charge in [-0.25, -0.2) is 4.79 Å². The number of anilines is 2. The van der Waals surface area contributed by atoms with Gasteiger partial charge in [-0.2, -0.15) is 0 Å². The van der Waals surface area contributed by atoms with Crippen LogP contribution in [0.4, 0.5) is 11.4 Å². The Balaban J connectivity index is 1.68. The Bertz CT molecular complexity index is 1670. The first-order valence-corrected chi connectivity index (χ1v) is 13.4. The van der Waals surface area contributed by atoms with Crippen molar-refractivity contribution in [2.75, 3.05) is 16.8 Å². The highest BCUT2D eigenvalue weighted by molar-refractivity contribution is 9.10. The molecular formula is C30H23BrN4O5. The Labute approximate surface area is 238 Å². The van der Waals surface area contributed by atoms with Crippen molar-refractivity contribution < 1.29 is 23.9 Å². The molecule has 3 aromatic carbocycles. The molecule has 0 saturated carbocycles. The number of carbonyl (C=O) groups is 4. The van der Waals surface area contributed by atoms with Crippen molar-refractivity contribution in [2.24, 2.45) is 5.73 Å². The van der Waals surface area contributed by atoms with Crippen molar-refractivity contribution in [3.8, 4) is 0 Å². The van der Waals surface area contributed by atoms with Gasteiger partial charge in [-0.15, -0.1) is 0 Å². The van der Waals surface area contributed by atoms with E-state index in [9.17, 15) is 19.2 Å². The summed E-state index contributed by atoms with van der Waals surface area (Å²) in [5.41, 5.74) is 6.14. The third-order valence-corrected chi connectivity index (χ3v) is 7.95. The standard InChI is InChI=1S/C30H23BrN4O5/c1-2-40-28(38)22-25(32)35(18-12-7-4-8-13-18)24-21(26(36)34(27(24)37)16-17-10-5-3-6-11-17)30(22)19-14-9-15-20(31)23(19)33-29(30)39/h3-15H,2,16,32H2,1H3,(H,33,39)/t30-/m0/s1. The molecule has 3 aliphatic heterocycles. The molecule has 0 unspecified atom stereocenters. The summed E-state index contributed by atoms with van der Waals surface area (Å²) < 4.78 is 5.97. The summed E-state index contributed by atoms with van der Waals surface area (Å²) in [6, 6.07) is 22.8. The number of benzene rings is 3. The number of imide groups is 1. The summed E-state index contributed by atoms with van der Waals surface area (Å²) in [6.07, 6.45) is 0. The fourth-order valence-corrected chi connectivity index (χ4v) is 6.13. The van der Waals surface area contributed by atoms with E-state index in [2.05, 4.69) is 21.2 Å². The van der Waals surface area contributed by atoms with Gasteiger partial charge in [0.05, 0.1) is 24.4 Å². The van der Waals surface area contributed by atoms with Crippen molar-refractivity contribution in [3.05, 3.63) is 117 Å². The summed E-state index contributed by atoms with van der Waals surface area (Å²) in [7, 11) is 0. The molecule has 0 aromatic heterocycles. The number of rotatable bonds is 5. The molecule has 3 amide bonds. The number of halogens is 1. The number of esters is 1. The molecule has 1 atom stereocenters. The summed E-state index contributed by atoms with van der Waals surface area (Å²) in [5, 5.41) is 2.82. The SMILES string of the molecule is CCOC(=O)C1=C(N)N(c2ccccc2)C2=C(C(=O)N(Cc3ccccc3)C2=O)[C@]12C(=O)Nc1c(Br)cccc12. The zero-order valence-corrected chi connectivity index (χ0v) is 22.9. The van der Waals surface area contributed by atoms with Gasteiger partial charge in [0.2, 0.25) is 5.91 Å². The predicted octanol–water partition coefficient (Wildman–Crippen LogP) is 3.72. The zero-order chi connectivity index (χ0) is 28.2. The van der Waals surface area contributed by atoms with Crippen LogP contribution in [0.2, 0.25) is 0 Å². The van der Waals surface area contributed by atoms with E-state index in [1.54, 1.807) is 67.6 Å². The Kier molecular flexibility index (Phi) is 6.07. The van der Waals surface area contributed by atoms with Gasteiger partial charge in [0, 0.05) is 15.7 Å². The number of nitrogens with two attached hydrogens (primary N) is 1. The minimum Gasteiger partial charge on any atom is -0.462 e. The lowest BCUT2D eigenvalue weighted by molar-refractivity contribution is -0.140. The topological polar surface area (TPSA) is 122 Å². The number of hydrogen-bond donors (Lipinski definition) is 2. The normalized spacial score (nSPS) is 19.8. The molecular weight excluding hydrogens is 576 g/mol. The molecule has 9 nitrogen and oxygen atoms in total. The quantitative estimate of drug-likeness (QED) is 0.339. The van der Waals surface area contributed by atoms with Gasteiger partial charge in [-0.3, -0.25) is 24.2 Å². The van der Waals surface area contributed by atoms with Crippen molar-refractivity contribution in [3.63, 3.8) is 0 Å². The largest absolute Gasteiger partial charge is 0.462 e. The minimum atomic E-state index is -2.02. The van der Waals surface area contributed by atoms with E-state index in [1.165, 1.54) is 4.90 Å². The second-order valence-electron chi connectivity index (χ2n) is 9.42. The lowest BCUT2D eigenvalue weighted by Gasteiger charge is -2.39. The molecule has 200 valence electrons. The van der Waals surface area contributed by atoms with Gasteiger partial charge in [0.1, 0.15) is 22.5 Å². The second kappa shape index (κ2) is 9.49. The number of para-hydroxylation sites is 2. The van der Waals surface area contributed by atoms with Gasteiger partial charge in [0.15, 0.2) is 0 Å². The van der Waals surface area contributed by atoms with Crippen LogP contribution in [-0.4, -0.2) is 35.2 Å². The van der Waals surface area contributed by atoms with E-state index in [1.807, 2.05) is 18.2 Å². The van der Waals surface area contributed by atoms with Crippen molar-refractivity contribution >= 4 is 51.0 Å². The molecule has 0 aliphatic carbocycles. The van der Waals surface area contributed by atoms with Crippen molar-refractivity contribution in [1.29, 1.82) is 0 Å². The Morgan fingerprint density at radius 3 is 2.30 bits per heavy atom. The van der Waals surface area contributed by atoms with Crippen LogP contribution in [0.3, 0.4) is 0 Å². The first-order valence-electron chi connectivity index (χ1n) is 12.6. The monoisotopic (exact) mass is 598 g/mol.